The van der Waals surface area contributed by atoms with Gasteiger partial charge in [-0.3, -0.25) is 0 Å². The van der Waals surface area contributed by atoms with Crippen molar-refractivity contribution in [3.05, 3.63) is 24.3 Å². The van der Waals surface area contributed by atoms with Gasteiger partial charge in [0.05, 0.1) is 6.10 Å². The van der Waals surface area contributed by atoms with Crippen LogP contribution in [0.25, 0.3) is 0 Å². The van der Waals surface area contributed by atoms with Gasteiger partial charge in [-0.15, -0.1) is 0 Å². The Hall–Kier alpha value is -0.640. The molecule has 0 radical (unpaired) electrons. The lowest BCUT2D eigenvalue weighted by Gasteiger charge is -2.69. The molecule has 0 aromatic rings. The van der Waals surface area contributed by atoms with E-state index in [1.165, 1.54) is 25.7 Å². The minimum absolute atomic E-state index is 0.0663. The highest BCUT2D eigenvalue weighted by Gasteiger charge is 2.74. The lowest BCUT2D eigenvalue weighted by molar-refractivity contribution is -0.497. The van der Waals surface area contributed by atoms with Crippen LogP contribution in [0.5, 0.6) is 0 Å². The highest BCUT2D eigenvalue weighted by molar-refractivity contribution is 5.33. The molecule has 2 bridgehead atoms. The second-order valence-corrected chi connectivity index (χ2v) is 12.7. The molecule has 2 aliphatic heterocycles. The van der Waals surface area contributed by atoms with Crippen LogP contribution < -0.4 is 0 Å². The Labute approximate surface area is 189 Å². The number of hydrogen-bond donors (Lipinski definition) is 1. The van der Waals surface area contributed by atoms with E-state index in [9.17, 15) is 5.11 Å². The van der Waals surface area contributed by atoms with Crippen molar-refractivity contribution in [3.63, 3.8) is 0 Å². The van der Waals surface area contributed by atoms with Gasteiger partial charge in [0.25, 0.3) is 0 Å². The van der Waals surface area contributed by atoms with Gasteiger partial charge in [0.1, 0.15) is 11.2 Å². The van der Waals surface area contributed by atoms with Crippen molar-refractivity contribution in [2.75, 3.05) is 0 Å². The van der Waals surface area contributed by atoms with Crippen LogP contribution in [0.3, 0.4) is 0 Å². The van der Waals surface area contributed by atoms with Crippen molar-refractivity contribution >= 4 is 0 Å². The molecule has 3 nitrogen and oxygen atoms in total. The summed E-state index contributed by atoms with van der Waals surface area (Å²) in [5.41, 5.74) is -0.366. The van der Waals surface area contributed by atoms with Crippen molar-refractivity contribution in [1.82, 2.24) is 0 Å². The Kier molecular flexibility index (Phi) is 5.13. The molecule has 6 rings (SSSR count). The number of fused-ring (bicyclic) bond motifs is 2. The van der Waals surface area contributed by atoms with Crippen molar-refractivity contribution < 1.29 is 14.9 Å². The summed E-state index contributed by atoms with van der Waals surface area (Å²) >= 11 is 0. The summed E-state index contributed by atoms with van der Waals surface area (Å²) in [7, 11) is 0. The number of aliphatic hydroxyl groups is 1. The molecule has 6 aliphatic rings. The average molecular weight is 429 g/mol. The molecule has 1 saturated heterocycles. The summed E-state index contributed by atoms with van der Waals surface area (Å²) in [6, 6.07) is 0. The van der Waals surface area contributed by atoms with Gasteiger partial charge in [-0.05, 0) is 73.7 Å². The van der Waals surface area contributed by atoms with Crippen LogP contribution in [0.1, 0.15) is 86.5 Å². The van der Waals surface area contributed by atoms with Crippen LogP contribution in [-0.2, 0) is 9.78 Å². The third kappa shape index (κ3) is 2.88. The molecule has 0 aromatic carbocycles. The minimum Gasteiger partial charge on any atom is -0.393 e. The van der Waals surface area contributed by atoms with Crippen molar-refractivity contribution in [3.8, 4) is 0 Å². The van der Waals surface area contributed by atoms with Gasteiger partial charge < -0.3 is 5.11 Å². The Balaban J connectivity index is 1.45. The first kappa shape index (κ1) is 22.2. The Bertz CT molecular complexity index is 772. The topological polar surface area (TPSA) is 38.7 Å². The molecule has 1 N–H and O–H groups in total. The van der Waals surface area contributed by atoms with Crippen LogP contribution in [0.15, 0.2) is 24.3 Å². The van der Waals surface area contributed by atoms with Gasteiger partial charge in [0.15, 0.2) is 0 Å². The standard InChI is InChI=1S/C28H44O3/c1-18(2)19(3)7-8-20(4)22-9-10-23-25(22,5)13-12-24-26(6)14-11-21(29)17-27(26)15-16-28(23,24)31-30-27/h7-8,15-16,18-24,29H,9-14,17H2,1-6H3/b8-7-/t19-,20-,21-,22+,23+,24+,25+,26+,27-,28+/m0/s1. The SMILES string of the molecule is CC(C)[C@@H](C)/C=C\[C@H](C)[C@H]1CC[C@@H]2[C@]1(C)CC[C@H]1[C@@]23C=C[C@@]2(C[C@@H](O)CC[C@]12C)OO3. The molecular weight excluding hydrogens is 384 g/mol. The lowest BCUT2D eigenvalue weighted by Crippen LogP contribution is -2.73. The summed E-state index contributed by atoms with van der Waals surface area (Å²) in [4.78, 5) is 12.8. The van der Waals surface area contributed by atoms with Gasteiger partial charge in [-0.2, -0.15) is 0 Å². The summed E-state index contributed by atoms with van der Waals surface area (Å²) in [5.74, 6) is 3.64. The molecule has 3 saturated carbocycles. The first-order valence-electron chi connectivity index (χ1n) is 13.0. The highest BCUT2D eigenvalue weighted by atomic mass is 17.2. The molecule has 4 aliphatic carbocycles. The summed E-state index contributed by atoms with van der Waals surface area (Å²) in [5, 5.41) is 10.4. The maximum atomic E-state index is 10.4. The summed E-state index contributed by atoms with van der Waals surface area (Å²) in [6.45, 7) is 14.4. The van der Waals surface area contributed by atoms with E-state index < -0.39 is 5.60 Å². The fourth-order valence-electron chi connectivity index (χ4n) is 8.71. The Morgan fingerprint density at radius 1 is 0.903 bits per heavy atom. The second-order valence-electron chi connectivity index (χ2n) is 12.7. The van der Waals surface area contributed by atoms with E-state index in [-0.39, 0.29) is 22.5 Å². The van der Waals surface area contributed by atoms with E-state index in [4.69, 9.17) is 9.78 Å². The third-order valence-corrected chi connectivity index (χ3v) is 11.1. The first-order valence-corrected chi connectivity index (χ1v) is 13.0. The molecule has 31 heavy (non-hydrogen) atoms. The van der Waals surface area contributed by atoms with Gasteiger partial charge in [-0.25, -0.2) is 9.78 Å². The van der Waals surface area contributed by atoms with Gasteiger partial charge >= 0.3 is 0 Å². The molecule has 0 amide bonds. The van der Waals surface area contributed by atoms with E-state index in [0.717, 1.165) is 12.8 Å². The molecule has 4 fully saturated rings. The van der Waals surface area contributed by atoms with Crippen LogP contribution in [-0.4, -0.2) is 22.4 Å². The maximum Gasteiger partial charge on any atom is 0.130 e. The largest absolute Gasteiger partial charge is 0.393 e. The second kappa shape index (κ2) is 7.18. The fraction of sp³-hybridized carbons (Fsp3) is 0.857. The number of allylic oxidation sites excluding steroid dienone is 2. The van der Waals surface area contributed by atoms with Crippen molar-refractivity contribution in [2.24, 2.45) is 46.3 Å². The monoisotopic (exact) mass is 428 g/mol. The number of hydrogen-bond acceptors (Lipinski definition) is 3. The zero-order valence-electron chi connectivity index (χ0n) is 20.6. The fourth-order valence-corrected chi connectivity index (χ4v) is 8.71. The molecule has 2 spiro atoms. The summed E-state index contributed by atoms with van der Waals surface area (Å²) in [6.07, 6.45) is 17.0. The zero-order valence-corrected chi connectivity index (χ0v) is 20.6. The van der Waals surface area contributed by atoms with Crippen molar-refractivity contribution in [1.29, 1.82) is 0 Å². The van der Waals surface area contributed by atoms with E-state index in [1.54, 1.807) is 0 Å². The predicted octanol–water partition coefficient (Wildman–Crippen LogP) is 6.47. The molecular formula is C28H44O3. The van der Waals surface area contributed by atoms with Gasteiger partial charge in [0, 0.05) is 23.7 Å². The van der Waals surface area contributed by atoms with E-state index in [0.29, 0.717) is 41.9 Å². The molecule has 0 unspecified atom stereocenters. The Morgan fingerprint density at radius 2 is 1.68 bits per heavy atom. The Morgan fingerprint density at radius 3 is 2.35 bits per heavy atom. The maximum absolute atomic E-state index is 10.4. The lowest BCUT2D eigenvalue weighted by atomic mass is 9.43. The molecule has 0 aromatic heterocycles. The van der Waals surface area contributed by atoms with Gasteiger partial charge in [0.2, 0.25) is 0 Å². The van der Waals surface area contributed by atoms with E-state index in [1.807, 2.05) is 0 Å². The van der Waals surface area contributed by atoms with E-state index >= 15 is 0 Å². The third-order valence-electron chi connectivity index (χ3n) is 11.1. The number of rotatable bonds is 4. The normalized spacial score (nSPS) is 52.8. The van der Waals surface area contributed by atoms with Crippen molar-refractivity contribution in [2.45, 2.75) is 104 Å². The zero-order chi connectivity index (χ0) is 22.2. The quantitative estimate of drug-likeness (QED) is 0.412. The average Bonchev–Trinajstić information content (AvgIpc) is 3.09. The predicted molar refractivity (Wildman–Crippen MR) is 124 cm³/mol. The number of aliphatic hydroxyl groups excluding tert-OH is 1. The van der Waals surface area contributed by atoms with Crippen LogP contribution >= 0.6 is 0 Å². The molecule has 174 valence electrons. The smallest absolute Gasteiger partial charge is 0.130 e. The molecule has 10 atom stereocenters. The first-order chi connectivity index (χ1) is 14.6. The minimum atomic E-state index is -0.439. The molecule has 3 heteroatoms. The molecule has 2 heterocycles. The van der Waals surface area contributed by atoms with Gasteiger partial charge in [-0.1, -0.05) is 59.8 Å². The highest BCUT2D eigenvalue weighted by Crippen LogP contribution is 2.72. The van der Waals surface area contributed by atoms with Crippen LogP contribution in [0, 0.1) is 46.3 Å². The van der Waals surface area contributed by atoms with E-state index in [2.05, 4.69) is 65.8 Å². The van der Waals surface area contributed by atoms with Crippen LogP contribution in [0.2, 0.25) is 0 Å². The van der Waals surface area contributed by atoms with Crippen LogP contribution in [0.4, 0.5) is 0 Å². The summed E-state index contributed by atoms with van der Waals surface area (Å²) < 4.78 is 0.